The highest BCUT2D eigenvalue weighted by atomic mass is 16.3. The standard InChI is InChI=1S/C14H17NO/c1-4-10(5-2)12-8-9(3)13(15)11-6-7-16-14(11)12/h4,6-8,10H,1,5,15H2,2-3H3. The van der Waals surface area contributed by atoms with Gasteiger partial charge in [0.2, 0.25) is 0 Å². The maximum absolute atomic E-state index is 6.03. The van der Waals surface area contributed by atoms with Crippen molar-refractivity contribution in [1.29, 1.82) is 0 Å². The summed E-state index contributed by atoms with van der Waals surface area (Å²) < 4.78 is 5.54. The van der Waals surface area contributed by atoms with E-state index >= 15 is 0 Å². The van der Waals surface area contributed by atoms with Crippen LogP contribution in [0, 0.1) is 6.92 Å². The number of furan rings is 1. The predicted molar refractivity (Wildman–Crippen MR) is 68.6 cm³/mol. The summed E-state index contributed by atoms with van der Waals surface area (Å²) in [6.07, 6.45) is 4.68. The van der Waals surface area contributed by atoms with E-state index in [0.717, 1.165) is 28.6 Å². The molecule has 1 aromatic carbocycles. The molecule has 0 saturated carbocycles. The Balaban J connectivity index is 2.74. The van der Waals surface area contributed by atoms with Crippen LogP contribution in [0.4, 0.5) is 5.69 Å². The smallest absolute Gasteiger partial charge is 0.139 e. The van der Waals surface area contributed by atoms with E-state index in [0.29, 0.717) is 5.92 Å². The highest BCUT2D eigenvalue weighted by molar-refractivity contribution is 5.93. The second-order valence-electron chi connectivity index (χ2n) is 4.11. The van der Waals surface area contributed by atoms with Crippen molar-refractivity contribution in [2.24, 2.45) is 0 Å². The van der Waals surface area contributed by atoms with E-state index in [1.54, 1.807) is 6.26 Å². The molecule has 0 radical (unpaired) electrons. The molecule has 1 atom stereocenters. The Hall–Kier alpha value is -1.70. The number of anilines is 1. The zero-order valence-corrected chi connectivity index (χ0v) is 9.79. The molecule has 0 spiro atoms. The molecule has 2 rings (SSSR count). The molecule has 2 nitrogen and oxygen atoms in total. The minimum atomic E-state index is 0.327. The van der Waals surface area contributed by atoms with Crippen LogP contribution in [0.3, 0.4) is 0 Å². The fourth-order valence-electron chi connectivity index (χ4n) is 2.12. The summed E-state index contributed by atoms with van der Waals surface area (Å²) in [7, 11) is 0. The monoisotopic (exact) mass is 215 g/mol. The van der Waals surface area contributed by atoms with Gasteiger partial charge in [-0.3, -0.25) is 0 Å². The number of hydrogen-bond donors (Lipinski definition) is 1. The molecule has 1 aromatic heterocycles. The van der Waals surface area contributed by atoms with Crippen molar-refractivity contribution in [2.75, 3.05) is 5.73 Å². The third-order valence-electron chi connectivity index (χ3n) is 3.14. The van der Waals surface area contributed by atoms with Crippen LogP contribution in [-0.2, 0) is 0 Å². The Morgan fingerprint density at radius 2 is 2.31 bits per heavy atom. The summed E-state index contributed by atoms with van der Waals surface area (Å²) in [6.45, 7) is 8.05. The first-order valence-corrected chi connectivity index (χ1v) is 5.57. The number of nitrogen functional groups attached to an aromatic ring is 1. The Bertz CT molecular complexity index is 525. The lowest BCUT2D eigenvalue weighted by Gasteiger charge is -2.13. The molecule has 0 aliphatic carbocycles. The summed E-state index contributed by atoms with van der Waals surface area (Å²) >= 11 is 0. The van der Waals surface area contributed by atoms with E-state index < -0.39 is 0 Å². The predicted octanol–water partition coefficient (Wildman–Crippen LogP) is 4.00. The Labute approximate surface area is 95.7 Å². The maximum Gasteiger partial charge on any atom is 0.139 e. The highest BCUT2D eigenvalue weighted by Crippen LogP contribution is 2.34. The summed E-state index contributed by atoms with van der Waals surface area (Å²) in [4.78, 5) is 0. The van der Waals surface area contributed by atoms with Crippen LogP contribution in [0.25, 0.3) is 11.0 Å². The second-order valence-corrected chi connectivity index (χ2v) is 4.11. The van der Waals surface area contributed by atoms with Gasteiger partial charge in [0, 0.05) is 22.6 Å². The van der Waals surface area contributed by atoms with Crippen molar-refractivity contribution in [3.05, 3.63) is 42.2 Å². The molecule has 2 aromatic rings. The molecule has 0 amide bonds. The van der Waals surface area contributed by atoms with Gasteiger partial charge in [0.1, 0.15) is 5.58 Å². The quantitative estimate of drug-likeness (QED) is 0.620. The van der Waals surface area contributed by atoms with Gasteiger partial charge in [-0.2, -0.15) is 0 Å². The average Bonchev–Trinajstić information content (AvgIpc) is 2.76. The molecule has 1 unspecified atom stereocenters. The molecular weight excluding hydrogens is 198 g/mol. The van der Waals surface area contributed by atoms with Gasteiger partial charge in [-0.25, -0.2) is 0 Å². The summed E-state index contributed by atoms with van der Waals surface area (Å²) in [5.41, 5.74) is 10.0. The number of hydrogen-bond acceptors (Lipinski definition) is 2. The molecule has 84 valence electrons. The van der Waals surface area contributed by atoms with Gasteiger partial charge in [0.25, 0.3) is 0 Å². The fraction of sp³-hybridized carbons (Fsp3) is 0.286. The number of nitrogens with two attached hydrogens (primary N) is 1. The van der Waals surface area contributed by atoms with Crippen molar-refractivity contribution in [1.82, 2.24) is 0 Å². The maximum atomic E-state index is 6.03. The van der Waals surface area contributed by atoms with Gasteiger partial charge < -0.3 is 10.2 Å². The second kappa shape index (κ2) is 4.05. The lowest BCUT2D eigenvalue weighted by molar-refractivity contribution is 0.606. The van der Waals surface area contributed by atoms with E-state index in [-0.39, 0.29) is 0 Å². The highest BCUT2D eigenvalue weighted by Gasteiger charge is 2.15. The van der Waals surface area contributed by atoms with Crippen LogP contribution in [-0.4, -0.2) is 0 Å². The first kappa shape index (κ1) is 10.8. The lowest BCUT2D eigenvalue weighted by Crippen LogP contribution is -1.98. The number of aryl methyl sites for hydroxylation is 1. The fourth-order valence-corrected chi connectivity index (χ4v) is 2.12. The molecule has 0 aliphatic rings. The van der Waals surface area contributed by atoms with E-state index in [4.69, 9.17) is 10.2 Å². The van der Waals surface area contributed by atoms with Gasteiger partial charge >= 0.3 is 0 Å². The number of allylic oxidation sites excluding steroid dienone is 1. The number of benzene rings is 1. The van der Waals surface area contributed by atoms with Gasteiger partial charge in [-0.1, -0.05) is 13.0 Å². The zero-order chi connectivity index (χ0) is 11.7. The normalized spacial score (nSPS) is 12.9. The van der Waals surface area contributed by atoms with Crippen molar-refractivity contribution in [3.63, 3.8) is 0 Å². The molecule has 2 N–H and O–H groups in total. The Kier molecular flexibility index (Phi) is 2.73. The molecule has 2 heteroatoms. The SMILES string of the molecule is C=CC(CC)c1cc(C)c(N)c2ccoc12. The lowest BCUT2D eigenvalue weighted by atomic mass is 9.93. The van der Waals surface area contributed by atoms with Crippen LogP contribution in [0.1, 0.15) is 30.4 Å². The molecule has 0 saturated heterocycles. The largest absolute Gasteiger partial charge is 0.464 e. The van der Waals surface area contributed by atoms with Crippen molar-refractivity contribution in [3.8, 4) is 0 Å². The van der Waals surface area contributed by atoms with Gasteiger partial charge in [-0.15, -0.1) is 6.58 Å². The van der Waals surface area contributed by atoms with E-state index in [1.165, 1.54) is 5.56 Å². The average molecular weight is 215 g/mol. The topological polar surface area (TPSA) is 39.2 Å². The van der Waals surface area contributed by atoms with E-state index in [9.17, 15) is 0 Å². The number of rotatable bonds is 3. The summed E-state index contributed by atoms with van der Waals surface area (Å²) in [5.74, 6) is 0.327. The van der Waals surface area contributed by atoms with Crippen molar-refractivity contribution < 1.29 is 4.42 Å². The Morgan fingerprint density at radius 3 is 2.94 bits per heavy atom. The minimum absolute atomic E-state index is 0.327. The first-order chi connectivity index (χ1) is 7.69. The molecule has 0 fully saturated rings. The van der Waals surface area contributed by atoms with Gasteiger partial charge in [0.05, 0.1) is 6.26 Å². The third kappa shape index (κ3) is 1.51. The van der Waals surface area contributed by atoms with Crippen LogP contribution >= 0.6 is 0 Å². The summed E-state index contributed by atoms with van der Waals surface area (Å²) in [6, 6.07) is 4.04. The minimum Gasteiger partial charge on any atom is -0.464 e. The van der Waals surface area contributed by atoms with Crippen molar-refractivity contribution >= 4 is 16.7 Å². The van der Waals surface area contributed by atoms with E-state index in [1.807, 2.05) is 19.1 Å². The third-order valence-corrected chi connectivity index (χ3v) is 3.14. The number of fused-ring (bicyclic) bond motifs is 1. The van der Waals surface area contributed by atoms with Gasteiger partial charge in [0.15, 0.2) is 0 Å². The first-order valence-electron chi connectivity index (χ1n) is 5.57. The van der Waals surface area contributed by atoms with E-state index in [2.05, 4.69) is 19.6 Å². The molecular formula is C14H17NO. The Morgan fingerprint density at radius 1 is 1.56 bits per heavy atom. The molecule has 0 bridgehead atoms. The van der Waals surface area contributed by atoms with Crippen LogP contribution in [0.2, 0.25) is 0 Å². The van der Waals surface area contributed by atoms with Crippen LogP contribution in [0.15, 0.2) is 35.5 Å². The molecule has 16 heavy (non-hydrogen) atoms. The molecule has 0 aliphatic heterocycles. The van der Waals surface area contributed by atoms with Crippen LogP contribution < -0.4 is 5.73 Å². The van der Waals surface area contributed by atoms with Gasteiger partial charge in [-0.05, 0) is 31.0 Å². The van der Waals surface area contributed by atoms with Crippen LogP contribution in [0.5, 0.6) is 0 Å². The van der Waals surface area contributed by atoms with Crippen molar-refractivity contribution in [2.45, 2.75) is 26.2 Å². The summed E-state index contributed by atoms with van der Waals surface area (Å²) in [5, 5.41) is 1.01. The molecule has 1 heterocycles. The zero-order valence-electron chi connectivity index (χ0n) is 9.79.